The molecule has 14 nitrogen and oxygen atoms in total. The molecule has 1 aromatic heterocycles. The van der Waals surface area contributed by atoms with E-state index in [4.69, 9.17) is 10.5 Å². The molecule has 16 heteroatoms. The first-order valence-electron chi connectivity index (χ1n) is 8.54. The summed E-state index contributed by atoms with van der Waals surface area (Å²) in [4.78, 5) is 34.6. The van der Waals surface area contributed by atoms with Crippen molar-refractivity contribution in [2.24, 2.45) is 0 Å². The van der Waals surface area contributed by atoms with E-state index >= 15 is 0 Å². The first-order valence-corrected chi connectivity index (χ1v) is 11.5. The van der Waals surface area contributed by atoms with Crippen LogP contribution in [0.2, 0.25) is 0 Å². The van der Waals surface area contributed by atoms with Crippen molar-refractivity contribution in [3.8, 4) is 0 Å². The fraction of sp³-hybridized carbons (Fsp3) is 0.571. The molecule has 170 valence electrons. The van der Waals surface area contributed by atoms with Gasteiger partial charge in [0, 0.05) is 6.20 Å². The van der Waals surface area contributed by atoms with Crippen LogP contribution in [0.4, 0.5) is 5.82 Å². The molecule has 0 spiro atoms. The lowest BCUT2D eigenvalue weighted by atomic mass is 10.3. The second-order valence-corrected chi connectivity index (χ2v) is 10.4. The van der Waals surface area contributed by atoms with Crippen LogP contribution >= 0.6 is 15.6 Å². The molecule has 0 bridgehead atoms. The summed E-state index contributed by atoms with van der Waals surface area (Å²) in [5.41, 5.74) is 4.62. The number of hydrogen-bond donors (Lipinski definition) is 4. The number of phosphoric acid groups is 2. The number of hydrogen-bond acceptors (Lipinski definition) is 10. The molecule has 1 aliphatic heterocycles. The second-order valence-electron chi connectivity index (χ2n) is 7.31. The predicted molar refractivity (Wildman–Crippen MR) is 103 cm³/mol. The average Bonchev–Trinajstić information content (AvgIpc) is 2.91. The Morgan fingerprint density at radius 3 is 2.50 bits per heavy atom. The zero-order valence-corrected chi connectivity index (χ0v) is 18.3. The van der Waals surface area contributed by atoms with Crippen molar-refractivity contribution in [2.45, 2.75) is 12.3 Å². The van der Waals surface area contributed by atoms with Crippen molar-refractivity contribution in [2.75, 3.05) is 46.6 Å². The zero-order valence-electron chi connectivity index (χ0n) is 16.5. The molecule has 4 unspecified atom stereocenters. The van der Waals surface area contributed by atoms with E-state index in [9.17, 15) is 28.8 Å². The number of anilines is 1. The number of ether oxygens (including phenoxy) is 1. The van der Waals surface area contributed by atoms with Crippen molar-refractivity contribution in [1.29, 1.82) is 0 Å². The van der Waals surface area contributed by atoms with Gasteiger partial charge in [0.25, 0.3) is 0 Å². The van der Waals surface area contributed by atoms with E-state index < -0.39 is 40.3 Å². The van der Waals surface area contributed by atoms with Crippen LogP contribution in [0.1, 0.15) is 6.23 Å². The number of likely N-dealkylation sites (N-methyl/N-ethyl adjacent to an activating group) is 1. The molecule has 5 N–H and O–H groups in total. The van der Waals surface area contributed by atoms with Gasteiger partial charge in [0.15, 0.2) is 0 Å². The zero-order chi connectivity index (χ0) is 22.7. The summed E-state index contributed by atoms with van der Waals surface area (Å²) in [6.07, 6.45) is -0.116. The van der Waals surface area contributed by atoms with Gasteiger partial charge in [-0.3, -0.25) is 13.6 Å². The van der Waals surface area contributed by atoms with Crippen LogP contribution in [0, 0.1) is 0 Å². The quantitative estimate of drug-likeness (QED) is 0.254. The summed E-state index contributed by atoms with van der Waals surface area (Å²) in [5.74, 6) is -0.136. The molecule has 0 aliphatic carbocycles. The van der Waals surface area contributed by atoms with Crippen LogP contribution in [0.25, 0.3) is 0 Å². The topological polar surface area (TPSA) is 193 Å². The summed E-state index contributed by atoms with van der Waals surface area (Å²) in [5, 5.41) is 10.0. The monoisotopic (exact) mass is 471 g/mol. The van der Waals surface area contributed by atoms with Gasteiger partial charge in [-0.2, -0.15) is 9.29 Å². The summed E-state index contributed by atoms with van der Waals surface area (Å²) in [7, 11) is -4.43. The van der Waals surface area contributed by atoms with Gasteiger partial charge in [0.05, 0.1) is 21.1 Å². The van der Waals surface area contributed by atoms with Gasteiger partial charge in [0.1, 0.15) is 37.4 Å². The number of nitrogen functional groups attached to an aromatic ring is 1. The third kappa shape index (κ3) is 7.58. The molecule has 1 aromatic rings. The number of nitrogens with zero attached hydrogens (tertiary/aromatic N) is 3. The molecule has 30 heavy (non-hydrogen) atoms. The molecule has 2 heterocycles. The molecule has 0 saturated carbocycles. The molecule has 0 radical (unpaired) electrons. The van der Waals surface area contributed by atoms with E-state index in [0.717, 1.165) is 10.6 Å². The summed E-state index contributed by atoms with van der Waals surface area (Å²) < 4.78 is 44.0. The Labute approximate surface area is 171 Å². The molecule has 4 atom stereocenters. The SMILES string of the molecule is C[N+](C)(C)CCOP(=O)(O)OP(=O)(O)OCC1=CC(O)C(n2ccc(N)nc2=O)O1. The largest absolute Gasteiger partial charge is 0.481 e. The lowest BCUT2D eigenvalue weighted by Gasteiger charge is -2.24. The van der Waals surface area contributed by atoms with Crippen LogP contribution in [0.5, 0.6) is 0 Å². The minimum atomic E-state index is -5.02. The van der Waals surface area contributed by atoms with Gasteiger partial charge in [-0.1, -0.05) is 0 Å². The standard InChI is InChI=1S/C14H24N4O10P2/c1-18(2,3)6-7-25-29(21,22)28-30(23,24)26-9-10-8-11(19)13(27-10)17-5-4-12(15)16-14(17)20/h4-5,8,11,13,19H,6-7,9H2,1-3H3,(H3-,15,16,20,21,22,23,24)/p+1. The van der Waals surface area contributed by atoms with Crippen LogP contribution in [-0.2, 0) is 27.2 Å². The Morgan fingerprint density at radius 2 is 1.90 bits per heavy atom. The van der Waals surface area contributed by atoms with E-state index in [-0.39, 0.29) is 18.2 Å². The van der Waals surface area contributed by atoms with Gasteiger partial charge in [-0.25, -0.2) is 13.9 Å². The minimum absolute atomic E-state index is 0.0179. The minimum Gasteiger partial charge on any atom is -0.469 e. The Morgan fingerprint density at radius 1 is 1.27 bits per heavy atom. The van der Waals surface area contributed by atoms with Crippen molar-refractivity contribution in [3.63, 3.8) is 0 Å². The molecule has 1 aliphatic rings. The second kappa shape index (κ2) is 9.27. The summed E-state index contributed by atoms with van der Waals surface area (Å²) in [6, 6.07) is 1.32. The maximum Gasteiger partial charge on any atom is 0.481 e. The molecular formula is C14H25N4O10P2+. The van der Waals surface area contributed by atoms with E-state index in [1.807, 2.05) is 21.1 Å². The molecule has 0 saturated heterocycles. The number of aromatic nitrogens is 2. The third-order valence-electron chi connectivity index (χ3n) is 3.64. The van der Waals surface area contributed by atoms with Crippen LogP contribution < -0.4 is 11.4 Å². The van der Waals surface area contributed by atoms with Gasteiger partial charge in [-0.15, -0.1) is 0 Å². The van der Waals surface area contributed by atoms with Crippen LogP contribution in [0.3, 0.4) is 0 Å². The van der Waals surface area contributed by atoms with Crippen LogP contribution in [0.15, 0.2) is 28.9 Å². The highest BCUT2D eigenvalue weighted by Gasteiger charge is 2.37. The number of quaternary nitrogens is 1. The van der Waals surface area contributed by atoms with Crippen molar-refractivity contribution in [3.05, 3.63) is 34.6 Å². The molecule has 2 rings (SSSR count). The Hall–Kier alpha value is -1.60. The van der Waals surface area contributed by atoms with E-state index in [1.165, 1.54) is 12.3 Å². The highest BCUT2D eigenvalue weighted by molar-refractivity contribution is 7.61. The maximum atomic E-state index is 11.9. The third-order valence-corrected chi connectivity index (χ3v) is 6.25. The van der Waals surface area contributed by atoms with E-state index in [1.54, 1.807) is 0 Å². The van der Waals surface area contributed by atoms with Gasteiger partial charge >= 0.3 is 21.3 Å². The summed E-state index contributed by atoms with van der Waals surface area (Å²) >= 11 is 0. The summed E-state index contributed by atoms with van der Waals surface area (Å²) in [6.45, 7) is -0.564. The van der Waals surface area contributed by atoms with Crippen molar-refractivity contribution < 1.29 is 46.6 Å². The lowest BCUT2D eigenvalue weighted by molar-refractivity contribution is -0.870. The first-order chi connectivity index (χ1) is 13.7. The molecular weight excluding hydrogens is 446 g/mol. The molecule has 0 fully saturated rings. The Balaban J connectivity index is 1.91. The fourth-order valence-corrected chi connectivity index (χ4v) is 4.24. The molecule has 0 amide bonds. The number of phosphoric ester groups is 2. The maximum absolute atomic E-state index is 11.9. The fourth-order valence-electron chi connectivity index (χ4n) is 2.21. The van der Waals surface area contributed by atoms with E-state index in [0.29, 0.717) is 11.0 Å². The predicted octanol–water partition coefficient (Wildman–Crippen LogP) is -0.444. The van der Waals surface area contributed by atoms with Crippen molar-refractivity contribution in [1.82, 2.24) is 9.55 Å². The van der Waals surface area contributed by atoms with Gasteiger partial charge in [0.2, 0.25) is 6.23 Å². The number of rotatable bonds is 10. The Kier molecular flexibility index (Phi) is 7.62. The highest BCUT2D eigenvalue weighted by Crippen LogP contribution is 2.60. The van der Waals surface area contributed by atoms with Crippen LogP contribution in [-0.4, -0.2) is 75.9 Å². The highest BCUT2D eigenvalue weighted by atomic mass is 31.3. The molecule has 0 aromatic carbocycles. The normalized spacial score (nSPS) is 23.3. The average molecular weight is 471 g/mol. The number of nitrogens with two attached hydrogens (primary N) is 1. The van der Waals surface area contributed by atoms with Crippen molar-refractivity contribution >= 4 is 21.5 Å². The smallest absolute Gasteiger partial charge is 0.469 e. The first kappa shape index (κ1) is 24.7. The van der Waals surface area contributed by atoms with E-state index in [2.05, 4.69) is 18.3 Å². The van der Waals surface area contributed by atoms with Gasteiger partial charge < -0.3 is 29.8 Å². The van der Waals surface area contributed by atoms with Gasteiger partial charge in [-0.05, 0) is 12.1 Å². The number of aliphatic hydroxyl groups is 1. The Bertz CT molecular complexity index is 943. The lowest BCUT2D eigenvalue weighted by Crippen LogP contribution is -2.37. The number of aliphatic hydroxyl groups excluding tert-OH is 1.